The van der Waals surface area contributed by atoms with Gasteiger partial charge in [0.25, 0.3) is 5.69 Å². The van der Waals surface area contributed by atoms with Crippen LogP contribution in [0.3, 0.4) is 0 Å². The molecule has 0 radical (unpaired) electrons. The van der Waals surface area contributed by atoms with E-state index in [1.165, 1.54) is 11.0 Å². The fourth-order valence-electron chi connectivity index (χ4n) is 2.10. The van der Waals surface area contributed by atoms with Crippen molar-refractivity contribution in [3.63, 3.8) is 0 Å². The molecule has 0 aliphatic rings. The van der Waals surface area contributed by atoms with Crippen LogP contribution in [0.5, 0.6) is 0 Å². The van der Waals surface area contributed by atoms with Crippen molar-refractivity contribution in [2.24, 2.45) is 17.6 Å². The number of benzene rings is 1. The summed E-state index contributed by atoms with van der Waals surface area (Å²) in [5.74, 6) is -0.205. The van der Waals surface area contributed by atoms with Crippen LogP contribution in [0.4, 0.5) is 5.69 Å². The molecule has 2 N–H and O–H groups in total. The molecule has 6 nitrogen and oxygen atoms in total. The normalized spacial score (nSPS) is 12.2. The maximum absolute atomic E-state index is 12.3. The molecule has 110 valence electrons. The molecule has 0 saturated heterocycles. The minimum Gasteiger partial charge on any atom is -0.341 e. The number of nitro groups is 1. The van der Waals surface area contributed by atoms with E-state index in [0.29, 0.717) is 5.56 Å². The Kier molecular flexibility index (Phi) is 5.64. The fraction of sp³-hybridized carbons (Fsp3) is 0.500. The van der Waals surface area contributed by atoms with E-state index < -0.39 is 4.92 Å². The van der Waals surface area contributed by atoms with Crippen LogP contribution in [0.1, 0.15) is 19.4 Å². The van der Waals surface area contributed by atoms with Gasteiger partial charge in [-0.3, -0.25) is 14.9 Å². The topological polar surface area (TPSA) is 89.5 Å². The summed E-state index contributed by atoms with van der Waals surface area (Å²) in [7, 11) is 1.64. The first kappa shape index (κ1) is 16.1. The van der Waals surface area contributed by atoms with E-state index in [2.05, 4.69) is 0 Å². The van der Waals surface area contributed by atoms with E-state index in [4.69, 9.17) is 5.73 Å². The highest BCUT2D eigenvalue weighted by molar-refractivity contribution is 5.79. The summed E-state index contributed by atoms with van der Waals surface area (Å²) in [6, 6.07) is 6.44. The number of rotatable bonds is 6. The first-order chi connectivity index (χ1) is 9.38. The van der Waals surface area contributed by atoms with E-state index in [1.807, 2.05) is 13.8 Å². The lowest BCUT2D eigenvalue weighted by molar-refractivity contribution is -0.385. The van der Waals surface area contributed by atoms with Gasteiger partial charge in [-0.15, -0.1) is 0 Å². The zero-order chi connectivity index (χ0) is 15.3. The molecule has 20 heavy (non-hydrogen) atoms. The molecule has 1 aromatic carbocycles. The van der Waals surface area contributed by atoms with Gasteiger partial charge >= 0.3 is 0 Å². The lowest BCUT2D eigenvalue weighted by atomic mass is 9.94. The van der Waals surface area contributed by atoms with Crippen molar-refractivity contribution < 1.29 is 9.72 Å². The Hall–Kier alpha value is -1.95. The standard InChI is InChI=1S/C14H21N3O3/c1-10(2)12(8-15)14(18)16(3)9-11-6-4-5-7-13(11)17(19)20/h4-7,10,12H,8-9,15H2,1-3H3. The summed E-state index contributed by atoms with van der Waals surface area (Å²) in [5.41, 5.74) is 6.18. The van der Waals surface area contributed by atoms with Crippen LogP contribution in [0.25, 0.3) is 0 Å². The van der Waals surface area contributed by atoms with E-state index in [1.54, 1.807) is 25.2 Å². The minimum atomic E-state index is -0.434. The van der Waals surface area contributed by atoms with Crippen LogP contribution in [0, 0.1) is 22.0 Å². The van der Waals surface area contributed by atoms with Crippen molar-refractivity contribution in [1.29, 1.82) is 0 Å². The zero-order valence-corrected chi connectivity index (χ0v) is 12.1. The molecule has 0 aliphatic heterocycles. The van der Waals surface area contributed by atoms with Crippen LogP contribution in [-0.2, 0) is 11.3 Å². The Morgan fingerprint density at radius 1 is 1.40 bits per heavy atom. The maximum Gasteiger partial charge on any atom is 0.274 e. The summed E-state index contributed by atoms with van der Waals surface area (Å²) in [5, 5.41) is 11.0. The number of hydrogen-bond donors (Lipinski definition) is 1. The highest BCUT2D eigenvalue weighted by Gasteiger charge is 2.25. The van der Waals surface area contributed by atoms with Crippen molar-refractivity contribution in [1.82, 2.24) is 4.90 Å². The van der Waals surface area contributed by atoms with Crippen LogP contribution in [-0.4, -0.2) is 29.3 Å². The largest absolute Gasteiger partial charge is 0.341 e. The van der Waals surface area contributed by atoms with Crippen molar-refractivity contribution in [3.05, 3.63) is 39.9 Å². The van der Waals surface area contributed by atoms with E-state index in [0.717, 1.165) is 0 Å². The summed E-state index contributed by atoms with van der Waals surface area (Å²) in [6.07, 6.45) is 0. The van der Waals surface area contributed by atoms with Crippen molar-refractivity contribution in [2.45, 2.75) is 20.4 Å². The molecule has 0 aliphatic carbocycles. The lowest BCUT2D eigenvalue weighted by Crippen LogP contribution is -2.39. The average molecular weight is 279 g/mol. The van der Waals surface area contributed by atoms with Crippen molar-refractivity contribution >= 4 is 11.6 Å². The van der Waals surface area contributed by atoms with Crippen LogP contribution < -0.4 is 5.73 Å². The Morgan fingerprint density at radius 2 is 2.00 bits per heavy atom. The first-order valence-corrected chi connectivity index (χ1v) is 6.55. The van der Waals surface area contributed by atoms with Gasteiger partial charge in [0.15, 0.2) is 0 Å². The molecular weight excluding hydrogens is 258 g/mol. The molecular formula is C14H21N3O3. The van der Waals surface area contributed by atoms with E-state index in [-0.39, 0.29) is 36.5 Å². The van der Waals surface area contributed by atoms with Crippen LogP contribution in [0.2, 0.25) is 0 Å². The number of nitrogens with two attached hydrogens (primary N) is 1. The number of nitrogens with zero attached hydrogens (tertiary/aromatic N) is 2. The molecule has 0 fully saturated rings. The fourth-order valence-corrected chi connectivity index (χ4v) is 2.10. The quantitative estimate of drug-likeness (QED) is 0.635. The van der Waals surface area contributed by atoms with Gasteiger partial charge in [-0.1, -0.05) is 32.0 Å². The number of hydrogen-bond acceptors (Lipinski definition) is 4. The van der Waals surface area contributed by atoms with Gasteiger partial charge in [-0.2, -0.15) is 0 Å². The molecule has 1 unspecified atom stereocenters. The third kappa shape index (κ3) is 3.77. The second-order valence-electron chi connectivity index (χ2n) is 5.17. The Labute approximate surface area is 118 Å². The number of para-hydroxylation sites is 1. The molecule has 6 heteroatoms. The van der Waals surface area contributed by atoms with Gasteiger partial charge in [0, 0.05) is 25.2 Å². The molecule has 0 spiro atoms. The monoisotopic (exact) mass is 279 g/mol. The predicted molar refractivity (Wildman–Crippen MR) is 77.0 cm³/mol. The van der Waals surface area contributed by atoms with Gasteiger partial charge in [-0.25, -0.2) is 0 Å². The van der Waals surface area contributed by atoms with Crippen LogP contribution in [0.15, 0.2) is 24.3 Å². The second kappa shape index (κ2) is 7.00. The SMILES string of the molecule is CC(C)C(CN)C(=O)N(C)Cc1ccccc1[N+](=O)[O-]. The average Bonchev–Trinajstić information content (AvgIpc) is 2.39. The summed E-state index contributed by atoms with van der Waals surface area (Å²) in [6.45, 7) is 4.36. The highest BCUT2D eigenvalue weighted by atomic mass is 16.6. The molecule has 0 saturated carbocycles. The number of carbonyl (C=O) groups excluding carboxylic acids is 1. The lowest BCUT2D eigenvalue weighted by Gasteiger charge is -2.25. The van der Waals surface area contributed by atoms with Crippen molar-refractivity contribution in [2.75, 3.05) is 13.6 Å². The van der Waals surface area contributed by atoms with Gasteiger partial charge < -0.3 is 10.6 Å². The van der Waals surface area contributed by atoms with E-state index in [9.17, 15) is 14.9 Å². The maximum atomic E-state index is 12.3. The predicted octanol–water partition coefficient (Wildman–Crippen LogP) is 1.78. The Bertz CT molecular complexity index is 488. The molecule has 1 aromatic rings. The number of nitro benzene ring substituents is 1. The summed E-state index contributed by atoms with van der Waals surface area (Å²) < 4.78 is 0. The van der Waals surface area contributed by atoms with E-state index >= 15 is 0 Å². The summed E-state index contributed by atoms with van der Waals surface area (Å²) >= 11 is 0. The molecule has 0 bridgehead atoms. The van der Waals surface area contributed by atoms with Gasteiger partial charge in [0.1, 0.15) is 0 Å². The highest BCUT2D eigenvalue weighted by Crippen LogP contribution is 2.20. The van der Waals surface area contributed by atoms with Crippen LogP contribution >= 0.6 is 0 Å². The molecule has 1 amide bonds. The molecule has 0 heterocycles. The zero-order valence-electron chi connectivity index (χ0n) is 12.1. The molecule has 0 aromatic heterocycles. The van der Waals surface area contributed by atoms with Gasteiger partial charge in [0.05, 0.1) is 17.4 Å². The smallest absolute Gasteiger partial charge is 0.274 e. The van der Waals surface area contributed by atoms with Gasteiger partial charge in [-0.05, 0) is 5.92 Å². The first-order valence-electron chi connectivity index (χ1n) is 6.55. The van der Waals surface area contributed by atoms with Gasteiger partial charge in [0.2, 0.25) is 5.91 Å². The molecule has 1 rings (SSSR count). The Balaban J connectivity index is 2.88. The second-order valence-corrected chi connectivity index (χ2v) is 5.17. The number of carbonyl (C=O) groups is 1. The summed E-state index contributed by atoms with van der Waals surface area (Å²) in [4.78, 5) is 24.3. The third-order valence-corrected chi connectivity index (χ3v) is 3.35. The minimum absolute atomic E-state index is 0.0287. The number of amides is 1. The molecule has 1 atom stereocenters. The Morgan fingerprint density at radius 3 is 2.50 bits per heavy atom. The third-order valence-electron chi connectivity index (χ3n) is 3.35. The van der Waals surface area contributed by atoms with Crippen molar-refractivity contribution in [3.8, 4) is 0 Å².